The van der Waals surface area contributed by atoms with Crippen molar-refractivity contribution >= 4 is 11.6 Å². The molecule has 2 rings (SSSR count). The van der Waals surface area contributed by atoms with Gasteiger partial charge in [-0.25, -0.2) is 4.99 Å². The molecule has 12 heavy (non-hydrogen) atoms. The Labute approximate surface area is 68.4 Å². The van der Waals surface area contributed by atoms with E-state index in [1.54, 1.807) is 18.2 Å². The van der Waals surface area contributed by atoms with Crippen LogP contribution < -0.4 is 16.4 Å². The number of hydrogen-bond donors (Lipinski definition) is 1. The van der Waals surface area contributed by atoms with E-state index in [2.05, 4.69) is 9.98 Å². The third-order valence-electron chi connectivity index (χ3n) is 1.63. The van der Waals surface area contributed by atoms with Crippen LogP contribution in [0.15, 0.2) is 28.2 Å². The number of fused-ring (bicyclic) bond motifs is 1. The first-order chi connectivity index (χ1) is 5.75. The highest BCUT2D eigenvalue weighted by atomic mass is 16.1. The predicted molar refractivity (Wildman–Crippen MR) is 43.0 cm³/mol. The van der Waals surface area contributed by atoms with E-state index in [0.717, 1.165) is 5.36 Å². The monoisotopic (exact) mass is 161 g/mol. The Balaban J connectivity index is 2.81. The first-order valence-corrected chi connectivity index (χ1v) is 3.57. The van der Waals surface area contributed by atoms with Gasteiger partial charge in [0.25, 0.3) is 5.91 Å². The molecule has 0 radical (unpaired) electrons. The fraction of sp³-hybridized carbons (Fsp3) is 0.125. The van der Waals surface area contributed by atoms with E-state index in [9.17, 15) is 4.79 Å². The van der Waals surface area contributed by atoms with Crippen LogP contribution >= 0.6 is 0 Å². The Morgan fingerprint density at radius 3 is 3.00 bits per heavy atom. The minimum Gasteiger partial charge on any atom is -0.399 e. The van der Waals surface area contributed by atoms with Crippen molar-refractivity contribution in [3.8, 4) is 0 Å². The first kappa shape index (κ1) is 6.97. The number of nitrogens with two attached hydrogens (primary N) is 1. The van der Waals surface area contributed by atoms with Gasteiger partial charge in [0.05, 0.1) is 10.7 Å². The Kier molecular flexibility index (Phi) is 1.40. The van der Waals surface area contributed by atoms with E-state index < -0.39 is 0 Å². The van der Waals surface area contributed by atoms with Gasteiger partial charge in [-0.3, -0.25) is 9.79 Å². The number of hydrogen-bond acceptors (Lipinski definition) is 3. The van der Waals surface area contributed by atoms with Gasteiger partial charge < -0.3 is 5.73 Å². The van der Waals surface area contributed by atoms with Gasteiger partial charge in [-0.05, 0) is 18.2 Å². The summed E-state index contributed by atoms with van der Waals surface area (Å²) in [5.74, 6) is -0.215. The molecule has 0 unspecified atom stereocenters. The summed E-state index contributed by atoms with van der Waals surface area (Å²) in [7, 11) is 0. The number of rotatable bonds is 0. The SMILES string of the molecule is Nc1ccc2c(c1)=NC(=O)CN=2. The molecule has 1 aromatic rings. The second-order valence-corrected chi connectivity index (χ2v) is 2.57. The Bertz CT molecular complexity index is 450. The molecule has 0 aliphatic carbocycles. The summed E-state index contributed by atoms with van der Waals surface area (Å²) >= 11 is 0. The van der Waals surface area contributed by atoms with Crippen molar-refractivity contribution < 1.29 is 4.79 Å². The van der Waals surface area contributed by atoms with Crippen LogP contribution in [0.25, 0.3) is 0 Å². The Hall–Kier alpha value is -1.71. The van der Waals surface area contributed by atoms with Crippen LogP contribution in [-0.2, 0) is 4.79 Å². The van der Waals surface area contributed by atoms with Gasteiger partial charge in [0.1, 0.15) is 6.54 Å². The van der Waals surface area contributed by atoms with Crippen LogP contribution in [0.2, 0.25) is 0 Å². The van der Waals surface area contributed by atoms with E-state index in [4.69, 9.17) is 5.73 Å². The Morgan fingerprint density at radius 1 is 1.33 bits per heavy atom. The zero-order chi connectivity index (χ0) is 8.55. The summed E-state index contributed by atoms with van der Waals surface area (Å²) in [5.41, 5.74) is 6.11. The number of amides is 1. The highest BCUT2D eigenvalue weighted by Crippen LogP contribution is 1.91. The second-order valence-electron chi connectivity index (χ2n) is 2.57. The van der Waals surface area contributed by atoms with Crippen molar-refractivity contribution in [2.24, 2.45) is 9.98 Å². The van der Waals surface area contributed by atoms with Gasteiger partial charge in [0.15, 0.2) is 0 Å². The lowest BCUT2D eigenvalue weighted by Gasteiger charge is -1.98. The average molecular weight is 161 g/mol. The molecule has 60 valence electrons. The number of carbonyl (C=O) groups excluding carboxylic acids is 1. The van der Waals surface area contributed by atoms with Gasteiger partial charge in [-0.1, -0.05) is 0 Å². The fourth-order valence-corrected chi connectivity index (χ4v) is 1.09. The first-order valence-electron chi connectivity index (χ1n) is 3.57. The molecule has 0 aromatic heterocycles. The molecule has 4 heteroatoms. The second kappa shape index (κ2) is 2.41. The molecule has 2 N–H and O–H groups in total. The highest BCUT2D eigenvalue weighted by Gasteiger charge is 2.02. The van der Waals surface area contributed by atoms with Crippen LogP contribution in [0.4, 0.5) is 5.69 Å². The van der Waals surface area contributed by atoms with E-state index in [1.807, 2.05) is 0 Å². The number of carbonyl (C=O) groups is 1. The minimum atomic E-state index is -0.215. The minimum absolute atomic E-state index is 0.150. The van der Waals surface area contributed by atoms with E-state index >= 15 is 0 Å². The zero-order valence-corrected chi connectivity index (χ0v) is 6.32. The van der Waals surface area contributed by atoms with Gasteiger partial charge in [0, 0.05) is 5.69 Å². The van der Waals surface area contributed by atoms with Gasteiger partial charge >= 0.3 is 0 Å². The van der Waals surface area contributed by atoms with Crippen LogP contribution in [-0.4, -0.2) is 12.5 Å². The van der Waals surface area contributed by atoms with Crippen LogP contribution in [0.5, 0.6) is 0 Å². The standard InChI is InChI=1S/C8H7N3O/c9-5-1-2-6-7(3-5)11-8(12)4-10-6/h1-3H,4,9H2. The number of anilines is 1. The lowest BCUT2D eigenvalue weighted by atomic mass is 10.3. The number of nitrogen functional groups attached to an aromatic ring is 1. The molecule has 1 amide bonds. The number of nitrogens with zero attached hydrogens (tertiary/aromatic N) is 2. The highest BCUT2D eigenvalue weighted by molar-refractivity contribution is 5.79. The maximum absolute atomic E-state index is 10.8. The topological polar surface area (TPSA) is 67.8 Å². The quantitative estimate of drug-likeness (QED) is 0.498. The normalized spacial score (nSPS) is 14.5. The van der Waals surface area contributed by atoms with Gasteiger partial charge in [0.2, 0.25) is 0 Å². The molecule has 4 nitrogen and oxygen atoms in total. The predicted octanol–water partition coefficient (Wildman–Crippen LogP) is -0.952. The third kappa shape index (κ3) is 1.07. The zero-order valence-electron chi connectivity index (χ0n) is 6.32. The summed E-state index contributed by atoms with van der Waals surface area (Å²) in [6.07, 6.45) is 0. The average Bonchev–Trinajstić information content (AvgIpc) is 2.03. The summed E-state index contributed by atoms with van der Waals surface area (Å²) in [4.78, 5) is 18.6. The molecule has 0 atom stereocenters. The molecule has 0 saturated carbocycles. The van der Waals surface area contributed by atoms with Gasteiger partial charge in [-0.15, -0.1) is 0 Å². The molecule has 0 bridgehead atoms. The maximum atomic E-state index is 10.8. The van der Waals surface area contributed by atoms with E-state index in [1.165, 1.54) is 0 Å². The molecule has 1 aliphatic heterocycles. The van der Waals surface area contributed by atoms with E-state index in [0.29, 0.717) is 11.0 Å². The smallest absolute Gasteiger partial charge is 0.267 e. The summed E-state index contributed by atoms with van der Waals surface area (Å²) in [6.45, 7) is 0.150. The maximum Gasteiger partial charge on any atom is 0.267 e. The van der Waals surface area contributed by atoms with Gasteiger partial charge in [-0.2, -0.15) is 0 Å². The molecular formula is C8H7N3O. The summed E-state index contributed by atoms with van der Waals surface area (Å²) in [5, 5.41) is 1.31. The summed E-state index contributed by atoms with van der Waals surface area (Å²) in [6, 6.07) is 5.16. The fourth-order valence-electron chi connectivity index (χ4n) is 1.09. The largest absolute Gasteiger partial charge is 0.399 e. The molecule has 0 saturated heterocycles. The number of benzene rings is 1. The van der Waals surface area contributed by atoms with Crippen molar-refractivity contribution in [3.05, 3.63) is 28.9 Å². The van der Waals surface area contributed by atoms with E-state index in [-0.39, 0.29) is 12.5 Å². The lowest BCUT2D eigenvalue weighted by molar-refractivity contribution is -0.116. The van der Waals surface area contributed by atoms with Crippen molar-refractivity contribution in [3.63, 3.8) is 0 Å². The van der Waals surface area contributed by atoms with Crippen LogP contribution in [0.1, 0.15) is 0 Å². The molecule has 0 spiro atoms. The van der Waals surface area contributed by atoms with Crippen molar-refractivity contribution in [2.75, 3.05) is 12.3 Å². The third-order valence-corrected chi connectivity index (χ3v) is 1.63. The van der Waals surface area contributed by atoms with Crippen molar-refractivity contribution in [1.29, 1.82) is 0 Å². The molecular weight excluding hydrogens is 154 g/mol. The lowest BCUT2D eigenvalue weighted by Crippen LogP contribution is -2.31. The Morgan fingerprint density at radius 2 is 2.17 bits per heavy atom. The molecule has 1 heterocycles. The molecule has 1 aliphatic rings. The van der Waals surface area contributed by atoms with Crippen LogP contribution in [0.3, 0.4) is 0 Å². The molecule has 0 fully saturated rings. The molecule has 1 aromatic carbocycles. The van der Waals surface area contributed by atoms with Crippen LogP contribution in [0, 0.1) is 0 Å². The van der Waals surface area contributed by atoms with Crippen molar-refractivity contribution in [2.45, 2.75) is 0 Å². The van der Waals surface area contributed by atoms with Crippen molar-refractivity contribution in [1.82, 2.24) is 0 Å². The summed E-state index contributed by atoms with van der Waals surface area (Å²) < 4.78 is 0.